The lowest BCUT2D eigenvalue weighted by molar-refractivity contribution is -0.192. The van der Waals surface area contributed by atoms with E-state index in [-0.39, 0.29) is 12.1 Å². The van der Waals surface area contributed by atoms with Crippen LogP contribution in [0.25, 0.3) is 0 Å². The number of nitrogens with zero attached hydrogens (tertiary/aromatic N) is 4. The van der Waals surface area contributed by atoms with Crippen molar-refractivity contribution in [1.29, 1.82) is 0 Å². The number of rotatable bonds is 5. The van der Waals surface area contributed by atoms with Gasteiger partial charge in [-0.2, -0.15) is 13.2 Å². The highest BCUT2D eigenvalue weighted by atomic mass is 35.5. The van der Waals surface area contributed by atoms with E-state index < -0.39 is 12.1 Å². The molecule has 0 unspecified atom stereocenters. The second kappa shape index (κ2) is 12.9. The molecule has 0 bridgehead atoms. The summed E-state index contributed by atoms with van der Waals surface area (Å²) in [5.41, 5.74) is 1.32. The number of carboxylic acid groups (broad SMARTS) is 1. The van der Waals surface area contributed by atoms with Gasteiger partial charge in [0.2, 0.25) is 0 Å². The topological polar surface area (TPSA) is 80.1 Å². The minimum atomic E-state index is -5.08. The number of benzene rings is 1. The molecular weight excluding hydrogens is 509 g/mol. The zero-order valence-corrected chi connectivity index (χ0v) is 21.7. The maximum atomic E-state index is 10.6. The molecule has 3 atom stereocenters. The molecule has 11 heteroatoms. The first kappa shape index (κ1) is 29.2. The van der Waals surface area contributed by atoms with E-state index in [0.29, 0.717) is 12.1 Å². The van der Waals surface area contributed by atoms with Gasteiger partial charge in [0.1, 0.15) is 5.82 Å². The average molecular weight is 543 g/mol. The van der Waals surface area contributed by atoms with Crippen LogP contribution in [0, 0.1) is 0 Å². The SMILES string of the molecule is C[C@H](O)[C@H]1CN(C2CCN(c3ccccn3)CC2)[C@@H](Cc2ccc(Cl)cc2)CN1C.O=C(O)C(F)(F)F. The molecule has 7 nitrogen and oxygen atoms in total. The Labute approximate surface area is 220 Å². The third kappa shape index (κ3) is 8.29. The van der Waals surface area contributed by atoms with E-state index >= 15 is 0 Å². The largest absolute Gasteiger partial charge is 0.490 e. The molecule has 2 fully saturated rings. The van der Waals surface area contributed by atoms with E-state index in [0.717, 1.165) is 56.3 Å². The van der Waals surface area contributed by atoms with Gasteiger partial charge in [-0.1, -0.05) is 29.8 Å². The van der Waals surface area contributed by atoms with Gasteiger partial charge < -0.3 is 15.1 Å². The molecule has 4 rings (SSSR count). The standard InChI is InChI=1S/C24H33ClN4O.C2HF3O2/c1-18(30)23-17-29(21-10-13-28(14-11-21)24-5-3-4-12-26-24)22(16-27(23)2)15-19-6-8-20(25)9-7-19;3-2(4,5)1(6)7/h3-9,12,18,21-23,30H,10-11,13-17H2,1-2H3;(H,6,7)/t18-,22-,23+;/m0./s1. The maximum Gasteiger partial charge on any atom is 0.490 e. The van der Waals surface area contributed by atoms with Crippen LogP contribution >= 0.6 is 11.6 Å². The fourth-order valence-corrected chi connectivity index (χ4v) is 5.21. The second-order valence-electron chi connectivity index (χ2n) is 9.64. The van der Waals surface area contributed by atoms with Gasteiger partial charge in [-0.05, 0) is 63.1 Å². The molecule has 2 aliphatic rings. The van der Waals surface area contributed by atoms with Crippen molar-refractivity contribution in [1.82, 2.24) is 14.8 Å². The van der Waals surface area contributed by atoms with E-state index in [9.17, 15) is 18.3 Å². The number of aromatic nitrogens is 1. The molecule has 1 aromatic carbocycles. The number of hydrogen-bond acceptors (Lipinski definition) is 6. The summed E-state index contributed by atoms with van der Waals surface area (Å²) in [5, 5.41) is 18.3. The number of carbonyl (C=O) groups is 1. The number of piperidine rings is 1. The second-order valence-corrected chi connectivity index (χ2v) is 10.1. The fraction of sp³-hybridized carbons (Fsp3) is 0.538. The first-order chi connectivity index (χ1) is 17.5. The van der Waals surface area contributed by atoms with Crippen molar-refractivity contribution in [3.63, 3.8) is 0 Å². The van der Waals surface area contributed by atoms with E-state index in [1.54, 1.807) is 0 Å². The molecule has 2 aliphatic heterocycles. The van der Waals surface area contributed by atoms with Crippen LogP contribution in [0.5, 0.6) is 0 Å². The van der Waals surface area contributed by atoms with Gasteiger partial charge in [-0.3, -0.25) is 9.80 Å². The van der Waals surface area contributed by atoms with Gasteiger partial charge in [0.25, 0.3) is 0 Å². The van der Waals surface area contributed by atoms with Crippen LogP contribution in [0.3, 0.4) is 0 Å². The van der Waals surface area contributed by atoms with Crippen molar-refractivity contribution in [2.75, 3.05) is 38.1 Å². The fourth-order valence-electron chi connectivity index (χ4n) is 5.09. The summed E-state index contributed by atoms with van der Waals surface area (Å²) in [6.07, 6.45) is -0.276. The van der Waals surface area contributed by atoms with Crippen molar-refractivity contribution < 1.29 is 28.2 Å². The van der Waals surface area contributed by atoms with Gasteiger partial charge >= 0.3 is 12.1 Å². The quantitative estimate of drug-likeness (QED) is 0.592. The lowest BCUT2D eigenvalue weighted by Gasteiger charge is -2.51. The molecule has 0 spiro atoms. The van der Waals surface area contributed by atoms with Crippen molar-refractivity contribution in [3.05, 3.63) is 59.2 Å². The van der Waals surface area contributed by atoms with Crippen molar-refractivity contribution in [2.45, 2.75) is 56.6 Å². The third-order valence-electron chi connectivity index (χ3n) is 7.02. The Balaban J connectivity index is 0.000000479. The number of aliphatic carboxylic acids is 1. The number of piperazine rings is 1. The number of halogens is 4. The number of anilines is 1. The monoisotopic (exact) mass is 542 g/mol. The Bertz CT molecular complexity index is 987. The summed E-state index contributed by atoms with van der Waals surface area (Å²) >= 11 is 6.09. The molecule has 1 aromatic heterocycles. The number of hydrogen-bond donors (Lipinski definition) is 2. The van der Waals surface area contributed by atoms with E-state index in [1.807, 2.05) is 31.3 Å². The smallest absolute Gasteiger partial charge is 0.475 e. The summed E-state index contributed by atoms with van der Waals surface area (Å²) in [6, 6.07) is 15.5. The molecule has 0 saturated carbocycles. The molecule has 2 aromatic rings. The van der Waals surface area contributed by atoms with Crippen molar-refractivity contribution in [3.8, 4) is 0 Å². The minimum absolute atomic E-state index is 0.181. The van der Waals surface area contributed by atoms with Crippen molar-refractivity contribution in [2.24, 2.45) is 0 Å². The third-order valence-corrected chi connectivity index (χ3v) is 7.27. The van der Waals surface area contributed by atoms with Crippen LogP contribution in [-0.2, 0) is 11.2 Å². The van der Waals surface area contributed by atoms with Gasteiger partial charge in [0.15, 0.2) is 0 Å². The summed E-state index contributed by atoms with van der Waals surface area (Å²) in [4.78, 5) is 20.8. The van der Waals surface area contributed by atoms with E-state index in [2.05, 4.69) is 51.0 Å². The Morgan fingerprint density at radius 2 is 1.76 bits per heavy atom. The minimum Gasteiger partial charge on any atom is -0.475 e. The van der Waals surface area contributed by atoms with Crippen LogP contribution < -0.4 is 4.90 Å². The predicted molar refractivity (Wildman–Crippen MR) is 137 cm³/mol. The zero-order valence-electron chi connectivity index (χ0n) is 21.0. The summed E-state index contributed by atoms with van der Waals surface area (Å²) in [5.74, 6) is -1.68. The van der Waals surface area contributed by atoms with E-state index in [1.165, 1.54) is 5.56 Å². The molecule has 0 amide bonds. The lowest BCUT2D eigenvalue weighted by atomic mass is 9.93. The molecule has 2 N–H and O–H groups in total. The molecule has 204 valence electrons. The first-order valence-corrected chi connectivity index (χ1v) is 12.7. The van der Waals surface area contributed by atoms with Gasteiger partial charge in [-0.15, -0.1) is 0 Å². The predicted octanol–water partition coefficient (Wildman–Crippen LogP) is 3.95. The normalized spacial score (nSPS) is 22.7. The van der Waals surface area contributed by atoms with Gasteiger partial charge in [0.05, 0.1) is 6.10 Å². The van der Waals surface area contributed by atoms with E-state index in [4.69, 9.17) is 21.5 Å². The summed E-state index contributed by atoms with van der Waals surface area (Å²) < 4.78 is 31.7. The molecular formula is C26H34ClF3N4O3. The van der Waals surface area contributed by atoms with Gasteiger partial charge in [0, 0.05) is 55.5 Å². The van der Waals surface area contributed by atoms with Crippen molar-refractivity contribution >= 4 is 23.4 Å². The van der Waals surface area contributed by atoms with Crippen LogP contribution in [0.2, 0.25) is 5.02 Å². The molecule has 3 heterocycles. The Morgan fingerprint density at radius 1 is 1.14 bits per heavy atom. The Morgan fingerprint density at radius 3 is 2.27 bits per heavy atom. The maximum absolute atomic E-state index is 10.6. The molecule has 0 radical (unpaired) electrons. The van der Waals surface area contributed by atoms with Crippen LogP contribution in [0.15, 0.2) is 48.7 Å². The number of aliphatic hydroxyl groups is 1. The number of likely N-dealkylation sites (N-methyl/N-ethyl adjacent to an activating group) is 1. The average Bonchev–Trinajstić information content (AvgIpc) is 2.86. The zero-order chi connectivity index (χ0) is 27.2. The van der Waals surface area contributed by atoms with Crippen LogP contribution in [-0.4, -0.2) is 94.6 Å². The van der Waals surface area contributed by atoms with Crippen LogP contribution in [0.1, 0.15) is 25.3 Å². The first-order valence-electron chi connectivity index (χ1n) is 12.3. The van der Waals surface area contributed by atoms with Gasteiger partial charge in [-0.25, -0.2) is 9.78 Å². The number of alkyl halides is 3. The Kier molecular flexibility index (Phi) is 10.2. The highest BCUT2D eigenvalue weighted by Gasteiger charge is 2.39. The van der Waals surface area contributed by atoms with Crippen LogP contribution in [0.4, 0.5) is 19.0 Å². The lowest BCUT2D eigenvalue weighted by Crippen LogP contribution is -2.64. The number of pyridine rings is 1. The highest BCUT2D eigenvalue weighted by molar-refractivity contribution is 6.30. The summed E-state index contributed by atoms with van der Waals surface area (Å²) in [7, 11) is 2.15. The Hall–Kier alpha value is -2.40. The summed E-state index contributed by atoms with van der Waals surface area (Å²) in [6.45, 7) is 5.87. The number of aliphatic hydroxyl groups excluding tert-OH is 1. The number of carboxylic acids is 1. The molecule has 2 saturated heterocycles. The molecule has 37 heavy (non-hydrogen) atoms. The molecule has 0 aliphatic carbocycles. The highest BCUT2D eigenvalue weighted by Crippen LogP contribution is 2.28.